The molecule has 0 saturated heterocycles. The zero-order valence-corrected chi connectivity index (χ0v) is 15.0. The van der Waals surface area contributed by atoms with Crippen molar-refractivity contribution in [3.05, 3.63) is 84.6 Å². The molecule has 4 aromatic rings. The fourth-order valence-corrected chi connectivity index (χ4v) is 2.93. The van der Waals surface area contributed by atoms with Crippen LogP contribution in [-0.2, 0) is 13.0 Å². The smallest absolute Gasteiger partial charge is 0.315 e. The summed E-state index contributed by atoms with van der Waals surface area (Å²) in [5, 5.41) is 5.52. The van der Waals surface area contributed by atoms with Gasteiger partial charge in [0, 0.05) is 44.3 Å². The highest BCUT2D eigenvalue weighted by Crippen LogP contribution is 2.14. The van der Waals surface area contributed by atoms with E-state index in [0.717, 1.165) is 11.3 Å². The fraction of sp³-hybridized carbons (Fsp3) is 0.150. The van der Waals surface area contributed by atoms with E-state index in [9.17, 15) is 9.18 Å². The molecular formula is C20H19FN6O. The first-order valence-corrected chi connectivity index (χ1v) is 8.90. The van der Waals surface area contributed by atoms with Crippen LogP contribution in [0.1, 0.15) is 11.3 Å². The maximum Gasteiger partial charge on any atom is 0.315 e. The Morgan fingerprint density at radius 2 is 2.07 bits per heavy atom. The van der Waals surface area contributed by atoms with Gasteiger partial charge in [-0.25, -0.2) is 19.2 Å². The zero-order valence-electron chi connectivity index (χ0n) is 15.0. The molecule has 0 fully saturated rings. The van der Waals surface area contributed by atoms with Crippen LogP contribution in [0.15, 0.2) is 67.5 Å². The first kappa shape index (κ1) is 17.7. The molecule has 0 unspecified atom stereocenters. The molecule has 0 aliphatic heterocycles. The largest absolute Gasteiger partial charge is 0.338 e. The Kier molecular flexibility index (Phi) is 5.01. The molecule has 0 bridgehead atoms. The molecule has 2 N–H and O–H groups in total. The number of imidazole rings is 2. The summed E-state index contributed by atoms with van der Waals surface area (Å²) in [4.78, 5) is 20.4. The van der Waals surface area contributed by atoms with Crippen molar-refractivity contribution in [1.82, 2.24) is 29.6 Å². The highest BCUT2D eigenvalue weighted by Gasteiger charge is 2.07. The molecule has 0 aliphatic carbocycles. The molecule has 0 aliphatic rings. The van der Waals surface area contributed by atoms with E-state index in [-0.39, 0.29) is 18.4 Å². The lowest BCUT2D eigenvalue weighted by Crippen LogP contribution is -2.36. The van der Waals surface area contributed by atoms with Crippen LogP contribution >= 0.6 is 0 Å². The average molecular weight is 378 g/mol. The van der Waals surface area contributed by atoms with Gasteiger partial charge in [-0.3, -0.25) is 0 Å². The lowest BCUT2D eigenvalue weighted by Gasteiger charge is -2.09. The summed E-state index contributed by atoms with van der Waals surface area (Å²) < 4.78 is 17.8. The summed E-state index contributed by atoms with van der Waals surface area (Å²) in [6.07, 6.45) is 9.30. The maximum absolute atomic E-state index is 14.2. The Morgan fingerprint density at radius 3 is 2.86 bits per heavy atom. The first-order chi connectivity index (χ1) is 13.7. The molecular weight excluding hydrogens is 359 g/mol. The second-order valence-electron chi connectivity index (χ2n) is 6.31. The lowest BCUT2D eigenvalue weighted by atomic mass is 10.2. The first-order valence-electron chi connectivity index (χ1n) is 8.90. The average Bonchev–Trinajstić information content (AvgIpc) is 3.36. The number of aromatic nitrogens is 4. The Balaban J connectivity index is 1.25. The molecule has 0 radical (unpaired) electrons. The highest BCUT2D eigenvalue weighted by molar-refractivity contribution is 5.73. The van der Waals surface area contributed by atoms with Crippen LogP contribution < -0.4 is 10.6 Å². The van der Waals surface area contributed by atoms with Crippen LogP contribution in [0.2, 0.25) is 0 Å². The summed E-state index contributed by atoms with van der Waals surface area (Å²) in [6, 6.07) is 10.3. The van der Waals surface area contributed by atoms with E-state index >= 15 is 0 Å². The standard InChI is InChI=1S/C20H19FN6O/c21-17-11-15(4-5-18(17)27-10-8-22-14-27)12-24-20(28)23-7-6-16-13-26-9-2-1-3-19(26)25-16/h1-5,8-11,13-14H,6-7,12H2,(H2,23,24,28). The number of carbonyl (C=O) groups excluding carboxylic acids is 1. The molecule has 2 amide bonds. The topological polar surface area (TPSA) is 76.2 Å². The van der Waals surface area contributed by atoms with Gasteiger partial charge in [0.25, 0.3) is 0 Å². The van der Waals surface area contributed by atoms with E-state index in [0.29, 0.717) is 24.2 Å². The number of hydrogen-bond donors (Lipinski definition) is 2. The van der Waals surface area contributed by atoms with Gasteiger partial charge in [0.15, 0.2) is 0 Å². The van der Waals surface area contributed by atoms with Gasteiger partial charge in [0.05, 0.1) is 17.7 Å². The van der Waals surface area contributed by atoms with Gasteiger partial charge in [-0.15, -0.1) is 0 Å². The molecule has 0 saturated carbocycles. The number of nitrogens with one attached hydrogen (secondary N) is 2. The van der Waals surface area contributed by atoms with Crippen molar-refractivity contribution in [2.24, 2.45) is 0 Å². The predicted molar refractivity (Wildman–Crippen MR) is 103 cm³/mol. The summed E-state index contributed by atoms with van der Waals surface area (Å²) in [5.74, 6) is -0.371. The number of pyridine rings is 1. The van der Waals surface area contributed by atoms with Crippen LogP contribution in [-0.4, -0.2) is 31.5 Å². The van der Waals surface area contributed by atoms with Crippen LogP contribution in [0.25, 0.3) is 11.3 Å². The Labute approximate surface area is 160 Å². The number of rotatable bonds is 6. The third kappa shape index (κ3) is 4.01. The van der Waals surface area contributed by atoms with Crippen molar-refractivity contribution in [3.63, 3.8) is 0 Å². The number of urea groups is 1. The number of carbonyl (C=O) groups is 1. The number of benzene rings is 1. The Hall–Kier alpha value is -3.68. The number of nitrogens with zero attached hydrogens (tertiary/aromatic N) is 4. The minimum atomic E-state index is -0.371. The Morgan fingerprint density at radius 1 is 1.14 bits per heavy atom. The third-order valence-electron chi connectivity index (χ3n) is 4.33. The lowest BCUT2D eigenvalue weighted by molar-refractivity contribution is 0.240. The van der Waals surface area contributed by atoms with E-state index in [1.54, 1.807) is 29.1 Å². The van der Waals surface area contributed by atoms with Crippen molar-refractivity contribution in [2.45, 2.75) is 13.0 Å². The minimum Gasteiger partial charge on any atom is -0.338 e. The van der Waals surface area contributed by atoms with Gasteiger partial charge in [-0.05, 0) is 29.8 Å². The normalized spacial score (nSPS) is 10.9. The number of hydrogen-bond acceptors (Lipinski definition) is 3. The van der Waals surface area contributed by atoms with Gasteiger partial charge in [0.1, 0.15) is 11.5 Å². The van der Waals surface area contributed by atoms with Crippen LogP contribution in [0, 0.1) is 5.82 Å². The molecule has 0 atom stereocenters. The van der Waals surface area contributed by atoms with Gasteiger partial charge < -0.3 is 19.6 Å². The quantitative estimate of drug-likeness (QED) is 0.542. The molecule has 142 valence electrons. The van der Waals surface area contributed by atoms with Gasteiger partial charge in [0.2, 0.25) is 0 Å². The van der Waals surface area contributed by atoms with E-state index in [2.05, 4.69) is 20.6 Å². The van der Waals surface area contributed by atoms with Crippen molar-refractivity contribution in [1.29, 1.82) is 0 Å². The molecule has 1 aromatic carbocycles. The number of amides is 2. The molecule has 8 heteroatoms. The van der Waals surface area contributed by atoms with Crippen molar-refractivity contribution in [3.8, 4) is 5.69 Å². The number of halogens is 1. The van der Waals surface area contributed by atoms with Gasteiger partial charge >= 0.3 is 6.03 Å². The summed E-state index contributed by atoms with van der Waals surface area (Å²) >= 11 is 0. The Bertz CT molecular complexity index is 1060. The van der Waals surface area contributed by atoms with Crippen molar-refractivity contribution in [2.75, 3.05) is 6.54 Å². The fourth-order valence-electron chi connectivity index (χ4n) is 2.93. The van der Waals surface area contributed by atoms with E-state index in [4.69, 9.17) is 0 Å². The number of fused-ring (bicyclic) bond motifs is 1. The SMILES string of the molecule is O=C(NCCc1cn2ccccc2n1)NCc1ccc(-n2ccnc2)c(F)c1. The molecule has 3 aromatic heterocycles. The third-order valence-corrected chi connectivity index (χ3v) is 4.33. The maximum atomic E-state index is 14.2. The zero-order chi connectivity index (χ0) is 19.3. The van der Waals surface area contributed by atoms with E-state index in [1.807, 2.05) is 35.0 Å². The van der Waals surface area contributed by atoms with E-state index < -0.39 is 0 Å². The predicted octanol–water partition coefficient (Wildman–Crippen LogP) is 2.70. The van der Waals surface area contributed by atoms with Crippen molar-refractivity contribution >= 4 is 11.7 Å². The molecule has 7 nitrogen and oxygen atoms in total. The summed E-state index contributed by atoms with van der Waals surface area (Å²) in [7, 11) is 0. The van der Waals surface area contributed by atoms with Crippen LogP contribution in [0.4, 0.5) is 9.18 Å². The van der Waals surface area contributed by atoms with Crippen LogP contribution in [0.5, 0.6) is 0 Å². The van der Waals surface area contributed by atoms with Crippen molar-refractivity contribution < 1.29 is 9.18 Å². The molecule has 28 heavy (non-hydrogen) atoms. The molecule has 3 heterocycles. The summed E-state index contributed by atoms with van der Waals surface area (Å²) in [6.45, 7) is 0.699. The minimum absolute atomic E-state index is 0.237. The van der Waals surface area contributed by atoms with Gasteiger partial charge in [-0.1, -0.05) is 12.1 Å². The van der Waals surface area contributed by atoms with E-state index in [1.165, 1.54) is 12.4 Å². The van der Waals surface area contributed by atoms with Gasteiger partial charge in [-0.2, -0.15) is 0 Å². The highest BCUT2D eigenvalue weighted by atomic mass is 19.1. The second kappa shape index (κ2) is 7.91. The van der Waals surface area contributed by atoms with Crippen LogP contribution in [0.3, 0.4) is 0 Å². The monoisotopic (exact) mass is 378 g/mol. The molecule has 4 rings (SSSR count). The summed E-state index contributed by atoms with van der Waals surface area (Å²) in [5.41, 5.74) is 2.88. The second-order valence-corrected chi connectivity index (χ2v) is 6.31. The molecule has 0 spiro atoms.